The fourth-order valence-electron chi connectivity index (χ4n) is 8.95. The number of fused-ring (bicyclic) bond motifs is 1. The van der Waals surface area contributed by atoms with Crippen molar-refractivity contribution in [1.82, 2.24) is 19.7 Å². The van der Waals surface area contributed by atoms with Gasteiger partial charge in [0.15, 0.2) is 0 Å². The lowest BCUT2D eigenvalue weighted by molar-refractivity contribution is 0.696. The molecule has 0 saturated carbocycles. The lowest BCUT2D eigenvalue weighted by atomic mass is 10.1. The fourth-order valence-corrected chi connectivity index (χ4v) is 10.9. The topological polar surface area (TPSA) is 101 Å². The molecule has 5 aromatic heterocycles. The molecule has 13 rings (SSSR count). The molecule has 390 valence electrons. The van der Waals surface area contributed by atoms with Crippen molar-refractivity contribution >= 4 is 91.3 Å². The first-order valence-corrected chi connectivity index (χ1v) is 29.1. The number of thiophene rings is 3. The van der Waals surface area contributed by atoms with Crippen molar-refractivity contribution in [3.8, 4) is 11.3 Å². The molecule has 0 unspecified atom stereocenters. The Balaban J connectivity index is 0.000000120. The molecule has 0 atom stereocenters. The number of rotatable bonds is 14. The van der Waals surface area contributed by atoms with Gasteiger partial charge < -0.3 is 4.98 Å². The number of aryl methyl sites for hydroxylation is 4. The minimum Gasteiger partial charge on any atom is -0.310 e. The van der Waals surface area contributed by atoms with Gasteiger partial charge in [-0.3, -0.25) is 24.5 Å². The Morgan fingerprint density at radius 3 is 1.54 bits per heavy atom. The van der Waals surface area contributed by atoms with E-state index in [1.165, 1.54) is 37.0 Å². The van der Waals surface area contributed by atoms with Crippen LogP contribution < -0.4 is 5.56 Å². The third-order valence-electron chi connectivity index (χ3n) is 13.1. The van der Waals surface area contributed by atoms with Crippen molar-refractivity contribution < 1.29 is 0 Å². The summed E-state index contributed by atoms with van der Waals surface area (Å²) in [5.74, 6) is 0.700. The SMILES string of the molecule is C(=Cc1cccs1)C1=NC(c2ccccc2)=CC1.C1=C(c2ccccc2)N=C(/C=C/c2cccs2)C1.C1=C(c2ccccc2)N=C(CCc2cccs2)C1.Cn1nc(-c2ccccc2)cc1CCc1nc2ccccc2c(=O)[nH]1. The minimum atomic E-state index is -0.0874. The smallest absolute Gasteiger partial charge is 0.258 e. The molecule has 8 heterocycles. The summed E-state index contributed by atoms with van der Waals surface area (Å²) in [5, 5.41) is 11.5. The summed E-state index contributed by atoms with van der Waals surface area (Å²) in [4.78, 5) is 37.6. The number of para-hydroxylation sites is 1. The molecule has 1 N–H and O–H groups in total. The number of nitrogens with zero attached hydrogens (tertiary/aromatic N) is 6. The van der Waals surface area contributed by atoms with E-state index in [1.54, 1.807) is 28.7 Å². The van der Waals surface area contributed by atoms with Crippen molar-refractivity contribution in [1.29, 1.82) is 0 Å². The predicted molar refractivity (Wildman–Crippen MR) is 337 cm³/mol. The molecule has 5 aromatic carbocycles. The molecule has 8 nitrogen and oxygen atoms in total. The lowest BCUT2D eigenvalue weighted by Gasteiger charge is -2.03. The van der Waals surface area contributed by atoms with Crippen molar-refractivity contribution in [3.05, 3.63) is 288 Å². The first kappa shape index (κ1) is 53.6. The van der Waals surface area contributed by atoms with Crippen LogP contribution in [0.15, 0.2) is 254 Å². The molecule has 10 aromatic rings. The zero-order valence-corrected chi connectivity index (χ0v) is 46.4. The molecule has 0 saturated heterocycles. The Hall–Kier alpha value is -8.74. The van der Waals surface area contributed by atoms with E-state index in [9.17, 15) is 4.79 Å². The van der Waals surface area contributed by atoms with Crippen LogP contribution in [0.3, 0.4) is 0 Å². The lowest BCUT2D eigenvalue weighted by Crippen LogP contribution is -2.13. The number of aliphatic imine (C=N–C) groups is 3. The molecule has 3 aliphatic heterocycles. The molecule has 0 fully saturated rings. The number of hydrogen-bond acceptors (Lipinski definition) is 9. The summed E-state index contributed by atoms with van der Waals surface area (Å²) in [5.41, 5.74) is 14.3. The van der Waals surface area contributed by atoms with Crippen LogP contribution in [0.1, 0.15) is 68.5 Å². The number of H-pyrrole nitrogens is 1. The van der Waals surface area contributed by atoms with Gasteiger partial charge in [0.25, 0.3) is 5.56 Å². The van der Waals surface area contributed by atoms with Gasteiger partial charge in [0.2, 0.25) is 0 Å². The van der Waals surface area contributed by atoms with Gasteiger partial charge in [-0.15, -0.1) is 34.0 Å². The number of aromatic nitrogens is 4. The first-order chi connectivity index (χ1) is 39.0. The van der Waals surface area contributed by atoms with Crippen LogP contribution >= 0.6 is 34.0 Å². The van der Waals surface area contributed by atoms with Gasteiger partial charge in [-0.1, -0.05) is 170 Å². The Morgan fingerprint density at radius 2 is 1.00 bits per heavy atom. The summed E-state index contributed by atoms with van der Waals surface area (Å²) in [6, 6.07) is 63.3. The monoisotopic (exact) mass is 1090 g/mol. The Morgan fingerprint density at radius 1 is 0.494 bits per heavy atom. The highest BCUT2D eigenvalue weighted by Gasteiger charge is 2.13. The highest BCUT2D eigenvalue weighted by molar-refractivity contribution is 7.11. The molecule has 0 spiro atoms. The van der Waals surface area contributed by atoms with Gasteiger partial charge in [-0.25, -0.2) is 4.98 Å². The fraction of sp³-hybridized carbons (Fsp3) is 0.118. The Labute approximate surface area is 474 Å². The maximum atomic E-state index is 12.2. The number of hydrogen-bond donors (Lipinski definition) is 1. The van der Waals surface area contributed by atoms with Gasteiger partial charge in [0.05, 0.1) is 33.7 Å². The number of benzene rings is 5. The van der Waals surface area contributed by atoms with E-state index < -0.39 is 0 Å². The van der Waals surface area contributed by atoms with Crippen molar-refractivity contribution in [2.24, 2.45) is 22.0 Å². The molecule has 0 bridgehead atoms. The van der Waals surface area contributed by atoms with Crippen LogP contribution in [0.4, 0.5) is 0 Å². The van der Waals surface area contributed by atoms with E-state index in [4.69, 9.17) is 4.99 Å². The van der Waals surface area contributed by atoms with Gasteiger partial charge in [-0.05, 0) is 113 Å². The summed E-state index contributed by atoms with van der Waals surface area (Å²) in [6.07, 6.45) is 21.6. The molecule has 0 radical (unpaired) electrons. The average molecular weight is 1090 g/mol. The molecular formula is C68H59N7OS3. The number of allylic oxidation sites excluding steroid dienone is 5. The van der Waals surface area contributed by atoms with E-state index in [2.05, 4.69) is 187 Å². The average Bonchev–Trinajstić information content (AvgIpc) is 4.38. The standard InChI is InChI=1S/C20H18N4O.C16H15NS.2C16H13NS/c1-24-15(13-18(23-24)14-7-3-2-4-8-14)11-12-19-21-17-10-6-5-9-16(17)20(25)22-19;3*1-2-5-13(6-3-1)16-11-9-14(17-16)8-10-15-7-4-12-18-15/h2-10,13H,11-12H2,1H3,(H,21,22,25);1-7,11-12H,8-10H2;2*1-8,10-12H,9H2/b;;10-8+;. The van der Waals surface area contributed by atoms with Crippen LogP contribution in [-0.2, 0) is 26.3 Å². The van der Waals surface area contributed by atoms with Crippen LogP contribution in [0.2, 0.25) is 0 Å². The summed E-state index contributed by atoms with van der Waals surface area (Å²) in [6.45, 7) is 0. The molecule has 3 aliphatic rings. The molecule has 0 aliphatic carbocycles. The van der Waals surface area contributed by atoms with E-state index in [0.717, 1.165) is 89.5 Å². The second-order valence-corrected chi connectivity index (χ2v) is 21.7. The highest BCUT2D eigenvalue weighted by Crippen LogP contribution is 2.27. The maximum Gasteiger partial charge on any atom is 0.258 e. The number of nitrogens with one attached hydrogen (secondary N) is 1. The Kier molecular flexibility index (Phi) is 18.7. The van der Waals surface area contributed by atoms with Crippen molar-refractivity contribution in [2.45, 2.75) is 44.9 Å². The predicted octanol–water partition coefficient (Wildman–Crippen LogP) is 17.0. The largest absolute Gasteiger partial charge is 0.310 e. The second-order valence-electron chi connectivity index (χ2n) is 18.7. The van der Waals surface area contributed by atoms with Crippen LogP contribution in [-0.4, -0.2) is 36.9 Å². The quantitative estimate of drug-likeness (QED) is 0.117. The van der Waals surface area contributed by atoms with Gasteiger partial charge in [-0.2, -0.15) is 5.10 Å². The van der Waals surface area contributed by atoms with E-state index in [0.29, 0.717) is 17.6 Å². The summed E-state index contributed by atoms with van der Waals surface area (Å²) in [7, 11) is 1.94. The number of aromatic amines is 1. The summed E-state index contributed by atoms with van der Waals surface area (Å²) >= 11 is 5.32. The van der Waals surface area contributed by atoms with E-state index >= 15 is 0 Å². The first-order valence-electron chi connectivity index (χ1n) is 26.5. The molecule has 0 amide bonds. The molecule has 11 heteroatoms. The normalized spacial score (nSPS) is 13.6. The van der Waals surface area contributed by atoms with E-state index in [1.807, 2.05) is 102 Å². The van der Waals surface area contributed by atoms with Crippen LogP contribution in [0.5, 0.6) is 0 Å². The maximum absolute atomic E-state index is 12.2. The van der Waals surface area contributed by atoms with Gasteiger partial charge >= 0.3 is 0 Å². The third-order valence-corrected chi connectivity index (χ3v) is 15.7. The van der Waals surface area contributed by atoms with Gasteiger partial charge in [0.1, 0.15) is 5.82 Å². The van der Waals surface area contributed by atoms with Crippen LogP contribution in [0, 0.1) is 0 Å². The highest BCUT2D eigenvalue weighted by atomic mass is 32.1. The van der Waals surface area contributed by atoms with E-state index in [-0.39, 0.29) is 5.56 Å². The zero-order chi connectivity index (χ0) is 53.9. The summed E-state index contributed by atoms with van der Waals surface area (Å²) < 4.78 is 1.89. The van der Waals surface area contributed by atoms with Gasteiger partial charge in [0, 0.05) is 75.8 Å². The molecular weight excluding hydrogens is 1030 g/mol. The third kappa shape index (κ3) is 15.5. The minimum absolute atomic E-state index is 0.0874. The molecule has 79 heavy (non-hydrogen) atoms. The Bertz CT molecular complexity index is 3750. The van der Waals surface area contributed by atoms with Crippen molar-refractivity contribution in [2.75, 3.05) is 0 Å². The second kappa shape index (κ2) is 27.5. The zero-order valence-electron chi connectivity index (χ0n) is 43.9. The van der Waals surface area contributed by atoms with Crippen molar-refractivity contribution in [3.63, 3.8) is 0 Å². The van der Waals surface area contributed by atoms with Crippen LogP contribution in [0.25, 0.3) is 51.4 Å².